The molecule has 5 aliphatic rings. The first kappa shape index (κ1) is 21.4. The second kappa shape index (κ2) is 8.03. The van der Waals surface area contributed by atoms with Gasteiger partial charge in [0, 0.05) is 0 Å². The summed E-state index contributed by atoms with van der Waals surface area (Å²) in [5.74, 6) is 2.67. The highest BCUT2D eigenvalue weighted by molar-refractivity contribution is 6.61. The van der Waals surface area contributed by atoms with Crippen molar-refractivity contribution in [1.29, 1.82) is 0 Å². The van der Waals surface area contributed by atoms with Gasteiger partial charge in [0.05, 0.1) is 16.7 Å². The maximum absolute atomic E-state index is 13.4. The van der Waals surface area contributed by atoms with E-state index in [1.165, 1.54) is 32.1 Å². The lowest BCUT2D eigenvalue weighted by Crippen LogP contribution is -2.50. The van der Waals surface area contributed by atoms with Crippen molar-refractivity contribution in [2.24, 2.45) is 23.7 Å². The van der Waals surface area contributed by atoms with Gasteiger partial charge in [0.15, 0.2) is 0 Å². The van der Waals surface area contributed by atoms with E-state index in [1.807, 2.05) is 33.8 Å². The van der Waals surface area contributed by atoms with E-state index in [0.29, 0.717) is 17.3 Å². The molecule has 0 N–H and O–H groups in total. The summed E-state index contributed by atoms with van der Waals surface area (Å²) < 4.78 is 18.7. The van der Waals surface area contributed by atoms with Crippen LogP contribution in [-0.4, -0.2) is 30.4 Å². The molecule has 4 aliphatic carbocycles. The van der Waals surface area contributed by atoms with Crippen LogP contribution in [0.25, 0.3) is 0 Å². The minimum absolute atomic E-state index is 0.0942. The zero-order chi connectivity index (χ0) is 20.8. The second-order valence-electron chi connectivity index (χ2n) is 11.0. The Hall–Kier alpha value is -0.805. The van der Waals surface area contributed by atoms with Crippen molar-refractivity contribution in [2.45, 2.75) is 110 Å². The molecule has 0 aromatic rings. The van der Waals surface area contributed by atoms with Gasteiger partial charge < -0.3 is 14.0 Å². The molecule has 0 amide bonds. The first-order chi connectivity index (χ1) is 13.7. The molecular weight excluding hydrogens is 363 g/mol. The molecule has 5 heteroatoms. The largest absolute Gasteiger partial charge is 0.502 e. The maximum Gasteiger partial charge on any atom is 0.502 e. The third kappa shape index (κ3) is 4.19. The number of carbonyl (C=O) groups excluding carboxylic acids is 1. The Morgan fingerprint density at radius 2 is 1.52 bits per heavy atom. The van der Waals surface area contributed by atoms with Gasteiger partial charge in [0.25, 0.3) is 0 Å². The Morgan fingerprint density at radius 1 is 0.966 bits per heavy atom. The summed E-state index contributed by atoms with van der Waals surface area (Å²) in [7, 11) is -0.633. The number of esters is 1. The van der Waals surface area contributed by atoms with E-state index in [4.69, 9.17) is 14.0 Å². The zero-order valence-electron chi connectivity index (χ0n) is 19.0. The molecular formula is C24H39BO4. The van der Waals surface area contributed by atoms with Crippen LogP contribution in [0.1, 0.15) is 92.4 Å². The Bertz CT molecular complexity index is 609. The van der Waals surface area contributed by atoms with E-state index in [9.17, 15) is 4.79 Å². The van der Waals surface area contributed by atoms with Gasteiger partial charge in [0.1, 0.15) is 6.10 Å². The van der Waals surface area contributed by atoms with Crippen LogP contribution in [0.5, 0.6) is 0 Å². The number of carbonyl (C=O) groups is 1. The fraction of sp³-hybridized carbons (Fsp3) is 0.875. The molecule has 0 radical (unpaired) electrons. The van der Waals surface area contributed by atoms with Crippen LogP contribution in [0.15, 0.2) is 11.5 Å². The molecule has 0 atom stereocenters. The Balaban J connectivity index is 1.48. The van der Waals surface area contributed by atoms with Crippen molar-refractivity contribution < 1.29 is 18.8 Å². The number of unbranched alkanes of at least 4 members (excludes halogenated alkanes) is 3. The minimum atomic E-state index is -0.633. The number of hydrogen-bond donors (Lipinski definition) is 0. The van der Waals surface area contributed by atoms with Crippen molar-refractivity contribution in [2.75, 3.05) is 0 Å². The first-order valence-corrected chi connectivity index (χ1v) is 12.0. The molecule has 5 rings (SSSR count). The predicted octanol–water partition coefficient (Wildman–Crippen LogP) is 5.49. The van der Waals surface area contributed by atoms with Gasteiger partial charge in [-0.2, -0.15) is 0 Å². The summed E-state index contributed by atoms with van der Waals surface area (Å²) in [6.07, 6.45) is 12.8. The van der Waals surface area contributed by atoms with Gasteiger partial charge in [-0.1, -0.05) is 25.8 Å². The second-order valence-corrected chi connectivity index (χ2v) is 11.0. The van der Waals surface area contributed by atoms with Crippen LogP contribution in [0.4, 0.5) is 0 Å². The summed E-state index contributed by atoms with van der Waals surface area (Å²) in [6, 6.07) is 0. The van der Waals surface area contributed by atoms with Crippen LogP contribution >= 0.6 is 0 Å². The fourth-order valence-corrected chi connectivity index (χ4v) is 6.16. The number of ether oxygens (including phenoxy) is 1. The number of hydrogen-bond acceptors (Lipinski definition) is 4. The van der Waals surface area contributed by atoms with Crippen LogP contribution in [0.3, 0.4) is 0 Å². The summed E-state index contributed by atoms with van der Waals surface area (Å²) in [5.41, 5.74) is -0.333. The lowest BCUT2D eigenvalue weighted by Gasteiger charge is -2.53. The van der Waals surface area contributed by atoms with Crippen molar-refractivity contribution in [1.82, 2.24) is 0 Å². The van der Waals surface area contributed by atoms with Gasteiger partial charge in [-0.15, -0.1) is 0 Å². The molecule has 0 unspecified atom stereocenters. The fourth-order valence-electron chi connectivity index (χ4n) is 6.16. The third-order valence-corrected chi connectivity index (χ3v) is 8.30. The SMILES string of the molecule is CCCCC/C=C(/B1OC(C)(C)C(C)(C)O1)C(=O)OC1C2CC3CC(C2)CC1C3. The Kier molecular flexibility index (Phi) is 5.94. The molecule has 5 fully saturated rings. The maximum atomic E-state index is 13.4. The highest BCUT2D eigenvalue weighted by atomic mass is 16.7. The molecule has 0 aromatic heterocycles. The normalized spacial score (nSPS) is 37.2. The van der Waals surface area contributed by atoms with Crippen molar-refractivity contribution in [3.63, 3.8) is 0 Å². The number of rotatable bonds is 7. The van der Waals surface area contributed by atoms with Crippen LogP contribution < -0.4 is 0 Å². The van der Waals surface area contributed by atoms with Gasteiger partial charge in [-0.25, -0.2) is 4.79 Å². The lowest BCUT2D eigenvalue weighted by atomic mass is 9.55. The molecule has 4 bridgehead atoms. The monoisotopic (exact) mass is 402 g/mol. The van der Waals surface area contributed by atoms with Crippen molar-refractivity contribution >= 4 is 13.1 Å². The summed E-state index contributed by atoms with van der Waals surface area (Å²) in [4.78, 5) is 13.4. The molecule has 1 saturated heterocycles. The Morgan fingerprint density at radius 3 is 2.03 bits per heavy atom. The molecule has 1 heterocycles. The zero-order valence-corrected chi connectivity index (χ0v) is 19.0. The molecule has 4 saturated carbocycles. The minimum Gasteiger partial charge on any atom is -0.459 e. The third-order valence-electron chi connectivity index (χ3n) is 8.30. The quantitative estimate of drug-likeness (QED) is 0.244. The smallest absolute Gasteiger partial charge is 0.459 e. The van der Waals surface area contributed by atoms with Crippen LogP contribution in [0.2, 0.25) is 0 Å². The van der Waals surface area contributed by atoms with Gasteiger partial charge >= 0.3 is 13.1 Å². The van der Waals surface area contributed by atoms with Crippen LogP contribution in [-0.2, 0) is 18.8 Å². The van der Waals surface area contributed by atoms with Crippen molar-refractivity contribution in [3.8, 4) is 0 Å². The summed E-state index contributed by atoms with van der Waals surface area (Å²) in [5, 5.41) is 0. The number of allylic oxidation sites excluding steroid dienone is 1. The summed E-state index contributed by atoms with van der Waals surface area (Å²) >= 11 is 0. The standard InChI is InChI=1S/C24H39BO4/c1-6-7-8-9-10-20(25-28-23(2,3)24(4,5)29-25)22(26)27-21-18-12-16-11-17(14-18)15-19(21)13-16/h10,16-19,21H,6-9,11-15H2,1-5H3/b20-10+. The highest BCUT2D eigenvalue weighted by Gasteiger charge is 2.55. The van der Waals surface area contributed by atoms with E-state index in [1.54, 1.807) is 0 Å². The van der Waals surface area contributed by atoms with Crippen molar-refractivity contribution in [3.05, 3.63) is 11.5 Å². The molecule has 29 heavy (non-hydrogen) atoms. The lowest BCUT2D eigenvalue weighted by molar-refractivity contribution is -0.165. The molecule has 162 valence electrons. The van der Waals surface area contributed by atoms with E-state index >= 15 is 0 Å². The average molecular weight is 402 g/mol. The van der Waals surface area contributed by atoms with E-state index in [2.05, 4.69) is 6.92 Å². The predicted molar refractivity (Wildman–Crippen MR) is 115 cm³/mol. The highest BCUT2D eigenvalue weighted by Crippen LogP contribution is 2.54. The summed E-state index contributed by atoms with van der Waals surface area (Å²) in [6.45, 7) is 10.3. The Labute approximate surface area is 177 Å². The molecule has 4 nitrogen and oxygen atoms in total. The van der Waals surface area contributed by atoms with Gasteiger partial charge in [0.2, 0.25) is 0 Å². The van der Waals surface area contributed by atoms with Gasteiger partial charge in [-0.3, -0.25) is 0 Å². The van der Waals surface area contributed by atoms with Crippen LogP contribution in [0, 0.1) is 23.7 Å². The molecule has 1 aliphatic heterocycles. The average Bonchev–Trinajstić information content (AvgIpc) is 2.84. The molecule has 0 spiro atoms. The topological polar surface area (TPSA) is 44.8 Å². The van der Waals surface area contributed by atoms with E-state index < -0.39 is 18.3 Å². The molecule has 0 aromatic carbocycles. The van der Waals surface area contributed by atoms with Gasteiger partial charge in [-0.05, 0) is 96.3 Å². The van der Waals surface area contributed by atoms with E-state index in [-0.39, 0.29) is 12.1 Å². The first-order valence-electron chi connectivity index (χ1n) is 12.0. The van der Waals surface area contributed by atoms with E-state index in [0.717, 1.165) is 37.5 Å².